The number of benzene rings is 1. The van der Waals surface area contributed by atoms with E-state index in [1.54, 1.807) is 12.1 Å². The Bertz CT molecular complexity index is 410. The summed E-state index contributed by atoms with van der Waals surface area (Å²) in [4.78, 5) is 0. The molecule has 1 atom stereocenters. The summed E-state index contributed by atoms with van der Waals surface area (Å²) in [5.74, 6) is 0.461. The van der Waals surface area contributed by atoms with Crippen LogP contribution in [-0.4, -0.2) is 19.3 Å². The molecule has 2 nitrogen and oxygen atoms in total. The largest absolute Gasteiger partial charge is 0.380 e. The van der Waals surface area contributed by atoms with E-state index in [9.17, 15) is 0 Å². The second-order valence-corrected chi connectivity index (χ2v) is 5.90. The predicted molar refractivity (Wildman–Crippen MR) is 83.4 cm³/mol. The lowest BCUT2D eigenvalue weighted by molar-refractivity contribution is 0.108. The second kappa shape index (κ2) is 8.33. The van der Waals surface area contributed by atoms with Gasteiger partial charge in [0.25, 0.3) is 0 Å². The maximum Gasteiger partial charge on any atom is 0.0652 e. The molecule has 1 unspecified atom stereocenters. The Balaban J connectivity index is 2.71. The van der Waals surface area contributed by atoms with E-state index in [1.165, 1.54) is 0 Å². The van der Waals surface area contributed by atoms with E-state index in [-0.39, 0.29) is 6.04 Å². The van der Waals surface area contributed by atoms with Crippen molar-refractivity contribution < 1.29 is 4.74 Å². The van der Waals surface area contributed by atoms with Gasteiger partial charge in [-0.3, -0.25) is 0 Å². The Morgan fingerprint density at radius 2 is 1.79 bits per heavy atom. The minimum atomic E-state index is 0.256. The molecule has 0 radical (unpaired) electrons. The third kappa shape index (κ3) is 5.13. The van der Waals surface area contributed by atoms with Gasteiger partial charge in [-0.25, -0.2) is 0 Å². The Morgan fingerprint density at radius 3 is 2.37 bits per heavy atom. The first-order valence-electron chi connectivity index (χ1n) is 6.40. The van der Waals surface area contributed by atoms with Gasteiger partial charge < -0.3 is 10.1 Å². The van der Waals surface area contributed by atoms with Gasteiger partial charge in [-0.15, -0.1) is 0 Å². The lowest BCUT2D eigenvalue weighted by Gasteiger charge is -2.23. The molecular formula is C14H20Cl3NO. The molecule has 0 aromatic heterocycles. The molecule has 1 N–H and O–H groups in total. The van der Waals surface area contributed by atoms with Crippen LogP contribution in [0.15, 0.2) is 12.1 Å². The summed E-state index contributed by atoms with van der Waals surface area (Å²) in [6.07, 6.45) is 0. The third-order valence-corrected chi connectivity index (χ3v) is 4.18. The van der Waals surface area contributed by atoms with Gasteiger partial charge in [0.1, 0.15) is 0 Å². The SMILES string of the molecule is CCOCC(NCc1c(Cl)ccc(Cl)c1Cl)C(C)C. The summed E-state index contributed by atoms with van der Waals surface area (Å²) in [6.45, 7) is 8.25. The van der Waals surface area contributed by atoms with Crippen molar-refractivity contribution >= 4 is 34.8 Å². The van der Waals surface area contributed by atoms with Crippen LogP contribution < -0.4 is 5.32 Å². The van der Waals surface area contributed by atoms with E-state index in [1.807, 2.05) is 6.92 Å². The van der Waals surface area contributed by atoms with Gasteiger partial charge in [0, 0.05) is 29.8 Å². The second-order valence-electron chi connectivity index (χ2n) is 4.71. The van der Waals surface area contributed by atoms with E-state index >= 15 is 0 Å². The fourth-order valence-corrected chi connectivity index (χ4v) is 2.38. The van der Waals surface area contributed by atoms with Gasteiger partial charge in [-0.05, 0) is 25.0 Å². The Morgan fingerprint density at radius 1 is 1.16 bits per heavy atom. The van der Waals surface area contributed by atoms with Crippen molar-refractivity contribution in [3.63, 3.8) is 0 Å². The monoisotopic (exact) mass is 323 g/mol. The normalized spacial score (nSPS) is 13.0. The van der Waals surface area contributed by atoms with E-state index in [4.69, 9.17) is 39.5 Å². The minimum absolute atomic E-state index is 0.256. The third-order valence-electron chi connectivity index (χ3n) is 2.99. The molecule has 0 aliphatic carbocycles. The van der Waals surface area contributed by atoms with E-state index in [0.717, 1.165) is 5.56 Å². The minimum Gasteiger partial charge on any atom is -0.380 e. The van der Waals surface area contributed by atoms with Crippen molar-refractivity contribution in [1.82, 2.24) is 5.32 Å². The standard InChI is InChI=1S/C14H20Cl3NO/c1-4-19-8-13(9(2)3)18-7-10-11(15)5-6-12(16)14(10)17/h5-6,9,13,18H,4,7-8H2,1-3H3. The molecule has 0 aliphatic rings. The number of nitrogens with one attached hydrogen (secondary N) is 1. The summed E-state index contributed by atoms with van der Waals surface area (Å²) in [5.41, 5.74) is 0.831. The van der Waals surface area contributed by atoms with Crippen LogP contribution in [0.2, 0.25) is 15.1 Å². The molecular weight excluding hydrogens is 305 g/mol. The van der Waals surface area contributed by atoms with Crippen molar-refractivity contribution in [3.8, 4) is 0 Å². The Labute approximate surface area is 130 Å². The van der Waals surface area contributed by atoms with E-state index in [2.05, 4.69) is 19.2 Å². The molecule has 1 aromatic carbocycles. The van der Waals surface area contributed by atoms with Gasteiger partial charge in [0.05, 0.1) is 16.7 Å². The molecule has 19 heavy (non-hydrogen) atoms. The van der Waals surface area contributed by atoms with Gasteiger partial charge in [0.2, 0.25) is 0 Å². The fourth-order valence-electron chi connectivity index (χ4n) is 1.70. The lowest BCUT2D eigenvalue weighted by Crippen LogP contribution is -2.37. The molecule has 0 spiro atoms. The molecule has 108 valence electrons. The molecule has 0 aliphatic heterocycles. The van der Waals surface area contributed by atoms with Crippen molar-refractivity contribution in [2.24, 2.45) is 5.92 Å². The number of ether oxygens (including phenoxy) is 1. The number of rotatable bonds is 7. The van der Waals surface area contributed by atoms with Crippen LogP contribution in [0.5, 0.6) is 0 Å². The van der Waals surface area contributed by atoms with Gasteiger partial charge >= 0.3 is 0 Å². The molecule has 0 heterocycles. The lowest BCUT2D eigenvalue weighted by atomic mass is 10.0. The summed E-state index contributed by atoms with van der Waals surface area (Å²) in [5, 5.41) is 5.09. The Kier molecular flexibility index (Phi) is 7.48. The molecule has 0 bridgehead atoms. The quantitative estimate of drug-likeness (QED) is 0.728. The zero-order valence-corrected chi connectivity index (χ0v) is 13.7. The van der Waals surface area contributed by atoms with Crippen LogP contribution >= 0.6 is 34.8 Å². The number of hydrogen-bond acceptors (Lipinski definition) is 2. The molecule has 0 fully saturated rings. The molecule has 0 saturated heterocycles. The van der Waals surface area contributed by atoms with Gasteiger partial charge in [-0.2, -0.15) is 0 Å². The zero-order chi connectivity index (χ0) is 14.4. The predicted octanol–water partition coefficient (Wildman–Crippen LogP) is 4.80. The topological polar surface area (TPSA) is 21.3 Å². The molecule has 1 rings (SSSR count). The average molecular weight is 325 g/mol. The highest BCUT2D eigenvalue weighted by atomic mass is 35.5. The average Bonchev–Trinajstić information content (AvgIpc) is 2.37. The highest BCUT2D eigenvalue weighted by molar-refractivity contribution is 6.44. The smallest absolute Gasteiger partial charge is 0.0652 e. The number of hydrogen-bond donors (Lipinski definition) is 1. The molecule has 1 aromatic rings. The van der Waals surface area contributed by atoms with Crippen molar-refractivity contribution in [2.75, 3.05) is 13.2 Å². The van der Waals surface area contributed by atoms with Crippen LogP contribution in [0.25, 0.3) is 0 Å². The van der Waals surface area contributed by atoms with Crippen LogP contribution in [-0.2, 0) is 11.3 Å². The molecule has 0 saturated carbocycles. The van der Waals surface area contributed by atoms with Crippen molar-refractivity contribution in [1.29, 1.82) is 0 Å². The van der Waals surface area contributed by atoms with Gasteiger partial charge in [-0.1, -0.05) is 48.7 Å². The first-order chi connectivity index (χ1) is 8.97. The maximum atomic E-state index is 6.18. The maximum absolute atomic E-state index is 6.18. The van der Waals surface area contributed by atoms with Crippen LogP contribution in [0, 0.1) is 5.92 Å². The number of halogens is 3. The highest BCUT2D eigenvalue weighted by Crippen LogP contribution is 2.31. The van der Waals surface area contributed by atoms with Crippen LogP contribution in [0.1, 0.15) is 26.3 Å². The van der Waals surface area contributed by atoms with Crippen LogP contribution in [0.3, 0.4) is 0 Å². The van der Waals surface area contributed by atoms with Crippen LogP contribution in [0.4, 0.5) is 0 Å². The summed E-state index contributed by atoms with van der Waals surface area (Å²) >= 11 is 18.3. The first kappa shape index (κ1) is 17.1. The fraction of sp³-hybridized carbons (Fsp3) is 0.571. The van der Waals surface area contributed by atoms with Crippen molar-refractivity contribution in [3.05, 3.63) is 32.8 Å². The van der Waals surface area contributed by atoms with E-state index in [0.29, 0.717) is 40.7 Å². The first-order valence-corrected chi connectivity index (χ1v) is 7.54. The van der Waals surface area contributed by atoms with Gasteiger partial charge in [0.15, 0.2) is 0 Å². The van der Waals surface area contributed by atoms with Crippen molar-refractivity contribution in [2.45, 2.75) is 33.4 Å². The summed E-state index contributed by atoms with van der Waals surface area (Å²) < 4.78 is 5.48. The summed E-state index contributed by atoms with van der Waals surface area (Å²) in [6, 6.07) is 3.72. The highest BCUT2D eigenvalue weighted by Gasteiger charge is 2.15. The summed E-state index contributed by atoms with van der Waals surface area (Å²) in [7, 11) is 0. The van der Waals surface area contributed by atoms with E-state index < -0.39 is 0 Å². The zero-order valence-electron chi connectivity index (χ0n) is 11.5. The molecule has 5 heteroatoms. The Hall–Kier alpha value is 0.01000. The molecule has 0 amide bonds.